The van der Waals surface area contributed by atoms with Crippen molar-refractivity contribution in [2.24, 2.45) is 11.7 Å². The minimum absolute atomic E-state index is 0.0104. The molecule has 0 atom stereocenters. The second kappa shape index (κ2) is 10.4. The Morgan fingerprint density at radius 3 is 2.34 bits per heavy atom. The Labute approximate surface area is 170 Å². The number of hydrogen-bond donors (Lipinski definition) is 1. The van der Waals surface area contributed by atoms with Crippen molar-refractivity contribution in [1.29, 1.82) is 0 Å². The standard InChI is InChI=1S/C19H27N3O6S/c1-29(26,27)22-11-7-16(8-12-22)19(25)28-14-18(24)21(10-9-17(20)23)13-15-5-3-2-4-6-15/h2-6,16H,7-14H2,1H3,(H2,20,23). The molecule has 0 radical (unpaired) electrons. The quantitative estimate of drug-likeness (QED) is 0.559. The minimum Gasteiger partial charge on any atom is -0.455 e. The van der Waals surface area contributed by atoms with Gasteiger partial charge in [0.25, 0.3) is 5.91 Å². The molecule has 0 aromatic heterocycles. The Balaban J connectivity index is 1.88. The van der Waals surface area contributed by atoms with Crippen molar-refractivity contribution >= 4 is 27.8 Å². The Hall–Kier alpha value is -2.46. The Bertz CT molecular complexity index is 820. The van der Waals surface area contributed by atoms with Gasteiger partial charge in [-0.1, -0.05) is 30.3 Å². The van der Waals surface area contributed by atoms with Gasteiger partial charge in [-0.2, -0.15) is 0 Å². The van der Waals surface area contributed by atoms with E-state index in [9.17, 15) is 22.8 Å². The number of primary amides is 1. The Morgan fingerprint density at radius 1 is 1.17 bits per heavy atom. The maximum absolute atomic E-state index is 12.5. The molecule has 2 N–H and O–H groups in total. The van der Waals surface area contributed by atoms with Crippen LogP contribution in [0, 0.1) is 5.92 Å². The van der Waals surface area contributed by atoms with E-state index in [2.05, 4.69) is 0 Å². The number of nitrogens with zero attached hydrogens (tertiary/aromatic N) is 2. The van der Waals surface area contributed by atoms with Crippen LogP contribution >= 0.6 is 0 Å². The number of esters is 1. The van der Waals surface area contributed by atoms with E-state index in [4.69, 9.17) is 10.5 Å². The number of ether oxygens (including phenoxy) is 1. The van der Waals surface area contributed by atoms with E-state index in [0.29, 0.717) is 12.8 Å². The maximum Gasteiger partial charge on any atom is 0.309 e. The van der Waals surface area contributed by atoms with Crippen molar-refractivity contribution in [2.75, 3.05) is 32.5 Å². The molecule has 10 heteroatoms. The SMILES string of the molecule is CS(=O)(=O)N1CCC(C(=O)OCC(=O)N(CCC(N)=O)Cc2ccccc2)CC1. The Morgan fingerprint density at radius 2 is 1.79 bits per heavy atom. The lowest BCUT2D eigenvalue weighted by Gasteiger charge is -2.29. The maximum atomic E-state index is 12.5. The summed E-state index contributed by atoms with van der Waals surface area (Å²) in [7, 11) is -3.27. The Kier molecular flexibility index (Phi) is 8.15. The molecular formula is C19H27N3O6S. The minimum atomic E-state index is -3.27. The van der Waals surface area contributed by atoms with Crippen LogP contribution in [0.25, 0.3) is 0 Å². The van der Waals surface area contributed by atoms with Gasteiger partial charge in [-0.25, -0.2) is 12.7 Å². The molecule has 1 aromatic rings. The van der Waals surface area contributed by atoms with Gasteiger partial charge in [-0.15, -0.1) is 0 Å². The van der Waals surface area contributed by atoms with Gasteiger partial charge in [-0.3, -0.25) is 14.4 Å². The average Bonchev–Trinajstić information content (AvgIpc) is 2.69. The highest BCUT2D eigenvalue weighted by Crippen LogP contribution is 2.20. The zero-order valence-electron chi connectivity index (χ0n) is 16.5. The van der Waals surface area contributed by atoms with Crippen LogP contribution in [0.2, 0.25) is 0 Å². The van der Waals surface area contributed by atoms with E-state index in [0.717, 1.165) is 11.8 Å². The number of benzene rings is 1. The molecular weight excluding hydrogens is 398 g/mol. The molecule has 1 heterocycles. The summed E-state index contributed by atoms with van der Waals surface area (Å²) >= 11 is 0. The lowest BCUT2D eigenvalue weighted by Crippen LogP contribution is -2.41. The molecule has 1 saturated heterocycles. The molecule has 0 unspecified atom stereocenters. The lowest BCUT2D eigenvalue weighted by atomic mass is 9.98. The van der Waals surface area contributed by atoms with E-state index in [1.54, 1.807) is 0 Å². The largest absolute Gasteiger partial charge is 0.455 e. The first-order valence-corrected chi connectivity index (χ1v) is 11.2. The molecule has 9 nitrogen and oxygen atoms in total. The summed E-state index contributed by atoms with van der Waals surface area (Å²) in [6.45, 7) is 0.484. The normalized spacial score (nSPS) is 15.6. The number of carbonyl (C=O) groups excluding carboxylic acids is 3. The van der Waals surface area contributed by atoms with E-state index in [-0.39, 0.29) is 32.6 Å². The molecule has 160 valence electrons. The molecule has 0 bridgehead atoms. The van der Waals surface area contributed by atoms with Gasteiger partial charge < -0.3 is 15.4 Å². The van der Waals surface area contributed by atoms with Gasteiger partial charge in [0.05, 0.1) is 12.2 Å². The van der Waals surface area contributed by atoms with Gasteiger partial charge in [0.1, 0.15) is 0 Å². The van der Waals surface area contributed by atoms with Crippen LogP contribution in [-0.2, 0) is 35.7 Å². The van der Waals surface area contributed by atoms with Crippen molar-refractivity contribution < 1.29 is 27.5 Å². The molecule has 1 aliphatic heterocycles. The van der Waals surface area contributed by atoms with Crippen molar-refractivity contribution in [3.8, 4) is 0 Å². The molecule has 1 aliphatic rings. The molecule has 2 rings (SSSR count). The number of amides is 2. The van der Waals surface area contributed by atoms with Gasteiger partial charge in [0, 0.05) is 32.6 Å². The first-order valence-electron chi connectivity index (χ1n) is 9.38. The fraction of sp³-hybridized carbons (Fsp3) is 0.526. The van der Waals surface area contributed by atoms with Crippen LogP contribution in [-0.4, -0.2) is 67.9 Å². The fourth-order valence-electron chi connectivity index (χ4n) is 3.11. The summed E-state index contributed by atoms with van der Waals surface area (Å²) in [4.78, 5) is 37.3. The third-order valence-corrected chi connectivity index (χ3v) is 6.09. The van der Waals surface area contributed by atoms with E-state index in [1.165, 1.54) is 9.21 Å². The van der Waals surface area contributed by atoms with Crippen molar-refractivity contribution in [3.63, 3.8) is 0 Å². The monoisotopic (exact) mass is 425 g/mol. The van der Waals surface area contributed by atoms with Crippen LogP contribution in [0.1, 0.15) is 24.8 Å². The van der Waals surface area contributed by atoms with E-state index in [1.807, 2.05) is 30.3 Å². The third-order valence-electron chi connectivity index (χ3n) is 4.79. The van der Waals surface area contributed by atoms with Crippen LogP contribution in [0.3, 0.4) is 0 Å². The summed E-state index contributed by atoms with van der Waals surface area (Å²) in [6.07, 6.45) is 1.86. The highest BCUT2D eigenvalue weighted by molar-refractivity contribution is 7.88. The molecule has 0 spiro atoms. The molecule has 1 aromatic carbocycles. The summed E-state index contributed by atoms with van der Waals surface area (Å²) < 4.78 is 29.6. The number of sulfonamides is 1. The van der Waals surface area contributed by atoms with Gasteiger partial charge in [0.2, 0.25) is 15.9 Å². The number of rotatable bonds is 9. The molecule has 2 amide bonds. The van der Waals surface area contributed by atoms with Crippen molar-refractivity contribution in [1.82, 2.24) is 9.21 Å². The predicted octanol–water partition coefficient (Wildman–Crippen LogP) is 0.105. The smallest absolute Gasteiger partial charge is 0.309 e. The summed E-state index contributed by atoms with van der Waals surface area (Å²) in [5.74, 6) is -1.89. The van der Waals surface area contributed by atoms with Crippen molar-refractivity contribution in [2.45, 2.75) is 25.8 Å². The van der Waals surface area contributed by atoms with Crippen LogP contribution in [0.15, 0.2) is 30.3 Å². The molecule has 29 heavy (non-hydrogen) atoms. The number of carbonyl (C=O) groups is 3. The van der Waals surface area contributed by atoms with E-state index >= 15 is 0 Å². The van der Waals surface area contributed by atoms with Crippen LogP contribution in [0.5, 0.6) is 0 Å². The van der Waals surface area contributed by atoms with Gasteiger partial charge in [-0.05, 0) is 18.4 Å². The van der Waals surface area contributed by atoms with Crippen LogP contribution < -0.4 is 5.73 Å². The number of nitrogens with two attached hydrogens (primary N) is 1. The van der Waals surface area contributed by atoms with Crippen LogP contribution in [0.4, 0.5) is 0 Å². The second-order valence-electron chi connectivity index (χ2n) is 7.06. The third kappa shape index (κ3) is 7.47. The first-order chi connectivity index (χ1) is 13.7. The molecule has 1 fully saturated rings. The van der Waals surface area contributed by atoms with Gasteiger partial charge in [0.15, 0.2) is 6.61 Å². The molecule has 0 aliphatic carbocycles. The number of piperidine rings is 1. The predicted molar refractivity (Wildman–Crippen MR) is 106 cm³/mol. The second-order valence-corrected chi connectivity index (χ2v) is 9.04. The van der Waals surface area contributed by atoms with Crippen molar-refractivity contribution in [3.05, 3.63) is 35.9 Å². The van der Waals surface area contributed by atoms with Gasteiger partial charge >= 0.3 is 5.97 Å². The number of hydrogen-bond acceptors (Lipinski definition) is 6. The fourth-order valence-corrected chi connectivity index (χ4v) is 3.98. The van der Waals surface area contributed by atoms with E-state index < -0.39 is 40.3 Å². The topological polar surface area (TPSA) is 127 Å². The molecule has 0 saturated carbocycles. The summed E-state index contributed by atoms with van der Waals surface area (Å²) in [6, 6.07) is 9.25. The zero-order chi connectivity index (χ0) is 21.4. The first kappa shape index (κ1) is 22.8. The summed E-state index contributed by atoms with van der Waals surface area (Å²) in [5, 5.41) is 0. The highest BCUT2D eigenvalue weighted by atomic mass is 32.2. The zero-order valence-corrected chi connectivity index (χ0v) is 17.3. The summed E-state index contributed by atoms with van der Waals surface area (Å²) in [5.41, 5.74) is 6.07. The lowest BCUT2D eigenvalue weighted by molar-refractivity contribution is -0.156. The average molecular weight is 426 g/mol. The highest BCUT2D eigenvalue weighted by Gasteiger charge is 2.30.